The van der Waals surface area contributed by atoms with Gasteiger partial charge in [-0.25, -0.2) is 4.39 Å². The molecule has 1 aromatic heterocycles. The molecule has 3 nitrogen and oxygen atoms in total. The molecule has 0 aliphatic rings. The number of nitrogens with one attached hydrogen (secondary N) is 1. The molecule has 0 aliphatic carbocycles. The van der Waals surface area contributed by atoms with Gasteiger partial charge in [-0.2, -0.15) is 22.5 Å². The topological polar surface area (TPSA) is 37.8 Å². The minimum atomic E-state index is -4.55. The molecule has 8 heteroatoms. The molecular weight excluding hydrogens is 222 g/mol. The van der Waals surface area contributed by atoms with Crippen LogP contribution in [0.5, 0.6) is 0 Å². The van der Waals surface area contributed by atoms with Gasteiger partial charge in [0.05, 0.1) is 6.04 Å². The Labute approximate surface area is 81.3 Å². The van der Waals surface area contributed by atoms with Crippen molar-refractivity contribution in [2.45, 2.75) is 19.1 Å². The number of nitrogens with zero attached hydrogens (tertiary/aromatic N) is 2. The van der Waals surface area contributed by atoms with E-state index in [-0.39, 0.29) is 5.13 Å². The van der Waals surface area contributed by atoms with Crippen molar-refractivity contribution < 1.29 is 17.6 Å². The van der Waals surface area contributed by atoms with Crippen LogP contribution < -0.4 is 5.32 Å². The molecule has 0 radical (unpaired) electrons. The van der Waals surface area contributed by atoms with Crippen LogP contribution in [0, 0.1) is 0 Å². The second-order valence-corrected chi connectivity index (χ2v) is 3.37. The predicted octanol–water partition coefficient (Wildman–Crippen LogP) is 2.33. The van der Waals surface area contributed by atoms with Crippen LogP contribution in [-0.4, -0.2) is 22.1 Å². The van der Waals surface area contributed by atoms with E-state index in [4.69, 9.17) is 0 Å². The van der Waals surface area contributed by atoms with E-state index in [2.05, 4.69) is 14.7 Å². The standard InChI is InChI=1S/C6H7F4N3S/c1-3(2-7)11-5-12-4(13-14-5)6(8,9)10/h3H,2H2,1H3,(H,11,12,13)/t3-/m0/s1. The van der Waals surface area contributed by atoms with E-state index in [1.54, 1.807) is 0 Å². The number of aromatic nitrogens is 2. The van der Waals surface area contributed by atoms with Crippen LogP contribution in [0.3, 0.4) is 0 Å². The molecule has 0 unspecified atom stereocenters. The Morgan fingerprint density at radius 3 is 2.57 bits per heavy atom. The highest BCUT2D eigenvalue weighted by atomic mass is 32.1. The lowest BCUT2D eigenvalue weighted by molar-refractivity contribution is -0.144. The summed E-state index contributed by atoms with van der Waals surface area (Å²) in [5.41, 5.74) is 0. The second kappa shape index (κ2) is 4.07. The lowest BCUT2D eigenvalue weighted by Gasteiger charge is -2.06. The maximum atomic E-state index is 12.0. The van der Waals surface area contributed by atoms with E-state index in [1.165, 1.54) is 6.92 Å². The fourth-order valence-electron chi connectivity index (χ4n) is 0.647. The summed E-state index contributed by atoms with van der Waals surface area (Å²) in [4.78, 5) is 3.17. The maximum Gasteiger partial charge on any atom is 0.452 e. The molecule has 0 bridgehead atoms. The zero-order valence-corrected chi connectivity index (χ0v) is 7.92. The predicted molar refractivity (Wildman–Crippen MR) is 44.0 cm³/mol. The first kappa shape index (κ1) is 11.2. The van der Waals surface area contributed by atoms with Crippen molar-refractivity contribution in [1.29, 1.82) is 0 Å². The molecule has 0 aliphatic heterocycles. The van der Waals surface area contributed by atoms with Crippen LogP contribution in [0.4, 0.5) is 22.7 Å². The maximum absolute atomic E-state index is 12.0. The van der Waals surface area contributed by atoms with Gasteiger partial charge in [-0.3, -0.25) is 0 Å². The molecular formula is C6H7F4N3S. The first-order valence-electron chi connectivity index (χ1n) is 3.67. The van der Waals surface area contributed by atoms with Crippen LogP contribution in [0.1, 0.15) is 12.7 Å². The van der Waals surface area contributed by atoms with Gasteiger partial charge in [-0.15, -0.1) is 0 Å². The van der Waals surface area contributed by atoms with Gasteiger partial charge in [0.15, 0.2) is 0 Å². The summed E-state index contributed by atoms with van der Waals surface area (Å²) in [7, 11) is 0. The Kier molecular flexibility index (Phi) is 3.25. The van der Waals surface area contributed by atoms with E-state index in [9.17, 15) is 17.6 Å². The highest BCUT2D eigenvalue weighted by Gasteiger charge is 2.36. The second-order valence-electron chi connectivity index (χ2n) is 2.62. The Bertz CT molecular complexity index is 298. The van der Waals surface area contributed by atoms with E-state index in [0.29, 0.717) is 11.5 Å². The summed E-state index contributed by atoms with van der Waals surface area (Å²) in [6, 6.07) is -0.566. The van der Waals surface area contributed by atoms with Gasteiger partial charge >= 0.3 is 6.18 Å². The summed E-state index contributed by atoms with van der Waals surface area (Å²) in [6.07, 6.45) is -4.55. The van der Waals surface area contributed by atoms with Crippen molar-refractivity contribution in [2.24, 2.45) is 0 Å². The molecule has 0 aromatic carbocycles. The van der Waals surface area contributed by atoms with Crippen molar-refractivity contribution in [2.75, 3.05) is 12.0 Å². The van der Waals surface area contributed by atoms with Crippen LogP contribution in [0.2, 0.25) is 0 Å². The molecule has 14 heavy (non-hydrogen) atoms. The normalized spacial score (nSPS) is 14.1. The number of alkyl halides is 4. The minimum absolute atomic E-state index is 0.0255. The highest BCUT2D eigenvalue weighted by Crippen LogP contribution is 2.28. The van der Waals surface area contributed by atoms with Gasteiger partial charge in [-0.1, -0.05) is 0 Å². The average Bonchev–Trinajstić information content (AvgIpc) is 2.51. The molecule has 1 aromatic rings. The molecule has 1 rings (SSSR count). The summed E-state index contributed by atoms with van der Waals surface area (Å²) >= 11 is 0.561. The summed E-state index contributed by atoms with van der Waals surface area (Å²) in [5, 5.41) is 2.43. The molecule has 1 heterocycles. The van der Waals surface area contributed by atoms with Crippen molar-refractivity contribution in [1.82, 2.24) is 9.36 Å². The average molecular weight is 229 g/mol. The summed E-state index contributed by atoms with van der Waals surface area (Å²) < 4.78 is 51.1. The van der Waals surface area contributed by atoms with Crippen molar-refractivity contribution in [3.8, 4) is 0 Å². The molecule has 0 spiro atoms. The van der Waals surface area contributed by atoms with Crippen LogP contribution in [-0.2, 0) is 6.18 Å². The lowest BCUT2D eigenvalue weighted by Crippen LogP contribution is -2.17. The zero-order valence-electron chi connectivity index (χ0n) is 7.10. The number of anilines is 1. The van der Waals surface area contributed by atoms with E-state index >= 15 is 0 Å². The molecule has 1 atom stereocenters. The Morgan fingerprint density at radius 1 is 1.50 bits per heavy atom. The molecule has 0 saturated carbocycles. The largest absolute Gasteiger partial charge is 0.452 e. The third-order valence-electron chi connectivity index (χ3n) is 1.28. The fourth-order valence-corrected chi connectivity index (χ4v) is 1.35. The van der Waals surface area contributed by atoms with Crippen molar-refractivity contribution in [3.05, 3.63) is 5.82 Å². The van der Waals surface area contributed by atoms with E-state index in [0.717, 1.165) is 0 Å². The van der Waals surface area contributed by atoms with Gasteiger partial charge in [0.25, 0.3) is 0 Å². The number of halogens is 4. The monoisotopic (exact) mass is 229 g/mol. The summed E-state index contributed by atoms with van der Waals surface area (Å²) in [5.74, 6) is -1.20. The number of hydrogen-bond donors (Lipinski definition) is 1. The third kappa shape index (κ3) is 2.79. The molecule has 0 saturated heterocycles. The van der Waals surface area contributed by atoms with Gasteiger partial charge in [-0.05, 0) is 6.92 Å². The molecule has 1 N–H and O–H groups in total. The Morgan fingerprint density at radius 2 is 2.14 bits per heavy atom. The quantitative estimate of drug-likeness (QED) is 0.808. The van der Waals surface area contributed by atoms with Gasteiger partial charge in [0, 0.05) is 11.5 Å². The van der Waals surface area contributed by atoms with Crippen LogP contribution >= 0.6 is 11.5 Å². The minimum Gasteiger partial charge on any atom is -0.355 e. The smallest absolute Gasteiger partial charge is 0.355 e. The third-order valence-corrected chi connectivity index (χ3v) is 1.93. The summed E-state index contributed by atoms with van der Waals surface area (Å²) in [6.45, 7) is 0.815. The highest BCUT2D eigenvalue weighted by molar-refractivity contribution is 7.09. The van der Waals surface area contributed by atoms with E-state index in [1.807, 2.05) is 0 Å². The van der Waals surface area contributed by atoms with E-state index < -0.39 is 24.7 Å². The van der Waals surface area contributed by atoms with Gasteiger partial charge in [0.2, 0.25) is 11.0 Å². The lowest BCUT2D eigenvalue weighted by atomic mass is 10.4. The van der Waals surface area contributed by atoms with Gasteiger partial charge < -0.3 is 5.32 Å². The molecule has 0 fully saturated rings. The number of rotatable bonds is 3. The molecule has 0 amide bonds. The SMILES string of the molecule is C[C@@H](CF)Nc1nc(C(F)(F)F)ns1. The first-order chi connectivity index (χ1) is 6.43. The first-order valence-corrected chi connectivity index (χ1v) is 4.44. The van der Waals surface area contributed by atoms with Crippen LogP contribution in [0.15, 0.2) is 0 Å². The fraction of sp³-hybridized carbons (Fsp3) is 0.667. The van der Waals surface area contributed by atoms with Crippen molar-refractivity contribution in [3.63, 3.8) is 0 Å². The number of hydrogen-bond acceptors (Lipinski definition) is 4. The van der Waals surface area contributed by atoms with Crippen molar-refractivity contribution >= 4 is 16.7 Å². The Balaban J connectivity index is 2.69. The van der Waals surface area contributed by atoms with Crippen LogP contribution in [0.25, 0.3) is 0 Å². The van der Waals surface area contributed by atoms with Gasteiger partial charge in [0.1, 0.15) is 6.67 Å². The molecule has 80 valence electrons. The Hall–Kier alpha value is -0.920. The zero-order chi connectivity index (χ0) is 10.8.